The highest BCUT2D eigenvalue weighted by molar-refractivity contribution is 7.90. The van der Waals surface area contributed by atoms with E-state index >= 15 is 0 Å². The number of ether oxygens (including phenoxy) is 2. The molecular formula is C10H22N4O4S. The molecule has 2 aliphatic rings. The Morgan fingerprint density at radius 1 is 1.42 bits per heavy atom. The quantitative estimate of drug-likeness (QED) is 0.424. The molecule has 0 saturated carbocycles. The summed E-state index contributed by atoms with van der Waals surface area (Å²) in [5.74, 6) is 0. The van der Waals surface area contributed by atoms with Crippen molar-refractivity contribution in [1.29, 1.82) is 0 Å². The number of hydrogen-bond donors (Lipinski definition) is 4. The minimum absolute atomic E-state index is 0.0125. The van der Waals surface area contributed by atoms with Gasteiger partial charge in [0.1, 0.15) is 12.5 Å². The first-order valence-electron chi connectivity index (χ1n) is 6.40. The highest BCUT2D eigenvalue weighted by Crippen LogP contribution is 2.19. The Hall–Kier alpha value is -0.290. The molecule has 0 aromatic carbocycles. The van der Waals surface area contributed by atoms with E-state index in [4.69, 9.17) is 9.47 Å². The summed E-state index contributed by atoms with van der Waals surface area (Å²) >= 11 is 0. The Kier molecular flexibility index (Phi) is 5.12. The van der Waals surface area contributed by atoms with E-state index in [-0.39, 0.29) is 18.5 Å². The lowest BCUT2D eigenvalue weighted by molar-refractivity contribution is 0.0268. The van der Waals surface area contributed by atoms with Crippen molar-refractivity contribution in [2.45, 2.75) is 37.1 Å². The van der Waals surface area contributed by atoms with Crippen molar-refractivity contribution in [3.05, 3.63) is 0 Å². The van der Waals surface area contributed by atoms with Gasteiger partial charge in [0.15, 0.2) is 0 Å². The zero-order valence-corrected chi connectivity index (χ0v) is 12.0. The van der Waals surface area contributed by atoms with Crippen molar-refractivity contribution in [3.63, 3.8) is 0 Å². The summed E-state index contributed by atoms with van der Waals surface area (Å²) in [7, 11) is -1.76. The van der Waals surface area contributed by atoms with Crippen molar-refractivity contribution in [2.75, 3.05) is 26.8 Å². The monoisotopic (exact) mass is 294 g/mol. The van der Waals surface area contributed by atoms with Crippen LogP contribution in [0.1, 0.15) is 13.3 Å². The van der Waals surface area contributed by atoms with Gasteiger partial charge in [0, 0.05) is 26.2 Å². The largest absolute Gasteiger partial charge is 0.383 e. The molecule has 2 heterocycles. The van der Waals surface area contributed by atoms with Gasteiger partial charge >= 0.3 is 0 Å². The fourth-order valence-electron chi connectivity index (χ4n) is 2.29. The van der Waals surface area contributed by atoms with Gasteiger partial charge in [0.25, 0.3) is 0 Å². The molecule has 8 nitrogen and oxygen atoms in total. The lowest BCUT2D eigenvalue weighted by atomic mass is 10.2. The third-order valence-electron chi connectivity index (χ3n) is 3.32. The summed E-state index contributed by atoms with van der Waals surface area (Å²) in [5.41, 5.74) is 5.95. The molecule has 19 heavy (non-hydrogen) atoms. The second-order valence-electron chi connectivity index (χ2n) is 4.79. The Labute approximate surface area is 113 Å². The highest BCUT2D eigenvalue weighted by Gasteiger charge is 2.39. The minimum atomic E-state index is -3.30. The highest BCUT2D eigenvalue weighted by atomic mass is 32.2. The van der Waals surface area contributed by atoms with Gasteiger partial charge in [-0.2, -0.15) is 0 Å². The third-order valence-corrected chi connectivity index (χ3v) is 5.16. The number of hydrazine groups is 1. The predicted octanol–water partition coefficient (Wildman–Crippen LogP) is -1.92. The Morgan fingerprint density at radius 2 is 2.21 bits per heavy atom. The molecule has 0 amide bonds. The Balaban J connectivity index is 1.83. The van der Waals surface area contributed by atoms with Crippen LogP contribution in [0.25, 0.3) is 0 Å². The molecule has 0 aromatic heterocycles. The SMILES string of the molecule is COCCNS(=O)(=O)C1CNC(C2NNC(C)O2)C1. The van der Waals surface area contributed by atoms with E-state index in [0.29, 0.717) is 26.1 Å². The zero-order chi connectivity index (χ0) is 13.9. The molecule has 112 valence electrons. The molecule has 2 saturated heterocycles. The lowest BCUT2D eigenvalue weighted by Gasteiger charge is -2.17. The van der Waals surface area contributed by atoms with Gasteiger partial charge in [-0.3, -0.25) is 0 Å². The van der Waals surface area contributed by atoms with E-state index in [1.807, 2.05) is 6.92 Å². The lowest BCUT2D eigenvalue weighted by Crippen LogP contribution is -2.44. The summed E-state index contributed by atoms with van der Waals surface area (Å²) in [6, 6.07) is -0.0125. The molecule has 4 atom stereocenters. The molecule has 0 spiro atoms. The predicted molar refractivity (Wildman–Crippen MR) is 69.6 cm³/mol. The number of nitrogens with one attached hydrogen (secondary N) is 4. The summed E-state index contributed by atoms with van der Waals surface area (Å²) in [4.78, 5) is 0. The van der Waals surface area contributed by atoms with Gasteiger partial charge < -0.3 is 14.8 Å². The molecule has 0 bridgehead atoms. The fraction of sp³-hybridized carbons (Fsp3) is 1.00. The minimum Gasteiger partial charge on any atom is -0.383 e. The number of rotatable bonds is 6. The van der Waals surface area contributed by atoms with Crippen LogP contribution in [0.3, 0.4) is 0 Å². The molecule has 0 radical (unpaired) electrons. The molecule has 9 heteroatoms. The topological polar surface area (TPSA) is 101 Å². The average molecular weight is 294 g/mol. The van der Waals surface area contributed by atoms with Crippen LogP contribution in [0.15, 0.2) is 0 Å². The molecule has 2 rings (SSSR count). The van der Waals surface area contributed by atoms with Crippen molar-refractivity contribution < 1.29 is 17.9 Å². The van der Waals surface area contributed by atoms with Gasteiger partial charge in [-0.15, -0.1) is 0 Å². The number of sulfonamides is 1. The zero-order valence-electron chi connectivity index (χ0n) is 11.2. The van der Waals surface area contributed by atoms with Crippen molar-refractivity contribution in [3.8, 4) is 0 Å². The van der Waals surface area contributed by atoms with E-state index < -0.39 is 15.3 Å². The molecule has 0 aromatic rings. The fourth-order valence-corrected chi connectivity index (χ4v) is 3.67. The normalized spacial score (nSPS) is 35.9. The Bertz CT molecular complexity index is 391. The second kappa shape index (κ2) is 6.44. The van der Waals surface area contributed by atoms with Crippen molar-refractivity contribution in [2.24, 2.45) is 0 Å². The number of methoxy groups -OCH3 is 1. The van der Waals surface area contributed by atoms with Crippen LogP contribution < -0.4 is 20.9 Å². The third kappa shape index (κ3) is 3.85. The van der Waals surface area contributed by atoms with Gasteiger partial charge in [-0.05, 0) is 13.3 Å². The number of hydrogen-bond acceptors (Lipinski definition) is 7. The maximum atomic E-state index is 12.0. The summed E-state index contributed by atoms with van der Waals surface area (Å²) < 4.78 is 37.1. The van der Waals surface area contributed by atoms with E-state index in [1.54, 1.807) is 7.11 Å². The van der Waals surface area contributed by atoms with E-state index in [1.165, 1.54) is 0 Å². The van der Waals surface area contributed by atoms with Gasteiger partial charge in [-0.1, -0.05) is 0 Å². The second-order valence-corrected chi connectivity index (χ2v) is 6.84. The first-order chi connectivity index (χ1) is 9.03. The molecule has 2 fully saturated rings. The molecular weight excluding hydrogens is 272 g/mol. The first kappa shape index (κ1) is 15.1. The summed E-state index contributed by atoms with van der Waals surface area (Å²) in [6.45, 7) is 3.00. The van der Waals surface area contributed by atoms with Gasteiger partial charge in [0.05, 0.1) is 11.9 Å². The van der Waals surface area contributed by atoms with Crippen LogP contribution in [0.5, 0.6) is 0 Å². The van der Waals surface area contributed by atoms with Crippen LogP contribution in [-0.4, -0.2) is 59.0 Å². The average Bonchev–Trinajstić information content (AvgIpc) is 2.97. The summed E-state index contributed by atoms with van der Waals surface area (Å²) in [5, 5.41) is 2.75. The maximum Gasteiger partial charge on any atom is 0.215 e. The molecule has 2 aliphatic heterocycles. The van der Waals surface area contributed by atoms with Crippen molar-refractivity contribution in [1.82, 2.24) is 20.9 Å². The smallest absolute Gasteiger partial charge is 0.215 e. The Morgan fingerprint density at radius 3 is 2.84 bits per heavy atom. The van der Waals surface area contributed by atoms with Crippen LogP contribution in [0.4, 0.5) is 0 Å². The van der Waals surface area contributed by atoms with Crippen LogP contribution in [0, 0.1) is 0 Å². The van der Waals surface area contributed by atoms with Gasteiger partial charge in [0.2, 0.25) is 10.0 Å². The van der Waals surface area contributed by atoms with Gasteiger partial charge in [-0.25, -0.2) is 24.0 Å². The standard InChI is InChI=1S/C10H22N4O4S/c1-7-13-14-10(18-7)9-5-8(6-11-9)19(15,16)12-3-4-17-2/h7-14H,3-6H2,1-2H3. The maximum absolute atomic E-state index is 12.0. The molecule has 4 N–H and O–H groups in total. The van der Waals surface area contributed by atoms with Crippen LogP contribution in [-0.2, 0) is 19.5 Å². The van der Waals surface area contributed by atoms with E-state index in [9.17, 15) is 8.42 Å². The molecule has 4 unspecified atom stereocenters. The van der Waals surface area contributed by atoms with Crippen LogP contribution >= 0.6 is 0 Å². The summed E-state index contributed by atoms with van der Waals surface area (Å²) in [6.07, 6.45) is 0.255. The van der Waals surface area contributed by atoms with Crippen molar-refractivity contribution >= 4 is 10.0 Å². The first-order valence-corrected chi connectivity index (χ1v) is 7.95. The van der Waals surface area contributed by atoms with E-state index in [0.717, 1.165) is 0 Å². The van der Waals surface area contributed by atoms with E-state index in [2.05, 4.69) is 20.9 Å². The molecule has 0 aliphatic carbocycles. The van der Waals surface area contributed by atoms with Crippen LogP contribution in [0.2, 0.25) is 0 Å².